The highest BCUT2D eigenvalue weighted by Crippen LogP contribution is 2.31. The summed E-state index contributed by atoms with van der Waals surface area (Å²) in [7, 11) is 1.81. The molecule has 0 aliphatic heterocycles. The first-order valence-corrected chi connectivity index (χ1v) is 6.44. The van der Waals surface area contributed by atoms with Gasteiger partial charge in [-0.1, -0.05) is 13.3 Å². The molecule has 0 bridgehead atoms. The Kier molecular flexibility index (Phi) is 5.47. The highest BCUT2D eigenvalue weighted by molar-refractivity contribution is 5.70. The standard InChI is InChI=1S/C12H21N5O2/c1-5-6-7-16(4)12-10(17(18)19)11(13-8-14-12)15-9(2)3/h8-9H,5-7H2,1-4H3,(H,13,14,15). The second kappa shape index (κ2) is 6.86. The lowest BCUT2D eigenvalue weighted by Crippen LogP contribution is -2.22. The van der Waals surface area contributed by atoms with Crippen LogP contribution in [0.1, 0.15) is 33.6 Å². The molecule has 0 spiro atoms. The van der Waals surface area contributed by atoms with Crippen LogP contribution < -0.4 is 10.2 Å². The Morgan fingerprint density at radius 3 is 2.68 bits per heavy atom. The number of nitrogens with one attached hydrogen (secondary N) is 1. The van der Waals surface area contributed by atoms with Crippen molar-refractivity contribution in [3.8, 4) is 0 Å². The van der Waals surface area contributed by atoms with Gasteiger partial charge in [0.2, 0.25) is 11.6 Å². The summed E-state index contributed by atoms with van der Waals surface area (Å²) in [6.45, 7) is 6.63. The molecule has 0 radical (unpaired) electrons. The fourth-order valence-corrected chi connectivity index (χ4v) is 1.70. The minimum Gasteiger partial charge on any atom is -0.362 e. The predicted molar refractivity (Wildman–Crippen MR) is 75.6 cm³/mol. The Hall–Kier alpha value is -1.92. The van der Waals surface area contributed by atoms with Crippen LogP contribution in [0.2, 0.25) is 0 Å². The first-order chi connectivity index (χ1) is 8.97. The van der Waals surface area contributed by atoms with Gasteiger partial charge >= 0.3 is 5.69 Å². The van der Waals surface area contributed by atoms with Crippen molar-refractivity contribution in [2.24, 2.45) is 0 Å². The van der Waals surface area contributed by atoms with E-state index in [0.29, 0.717) is 5.82 Å². The molecule has 0 atom stereocenters. The molecule has 19 heavy (non-hydrogen) atoms. The highest BCUT2D eigenvalue weighted by Gasteiger charge is 2.25. The van der Waals surface area contributed by atoms with Crippen LogP contribution in [0.5, 0.6) is 0 Å². The predicted octanol–water partition coefficient (Wildman–Crippen LogP) is 2.44. The van der Waals surface area contributed by atoms with Gasteiger partial charge in [-0.3, -0.25) is 10.1 Å². The fourth-order valence-electron chi connectivity index (χ4n) is 1.70. The molecule has 0 unspecified atom stereocenters. The van der Waals surface area contributed by atoms with Gasteiger partial charge in [-0.2, -0.15) is 0 Å². The topological polar surface area (TPSA) is 84.2 Å². The molecule has 1 aromatic heterocycles. The van der Waals surface area contributed by atoms with Gasteiger partial charge in [0.15, 0.2) is 0 Å². The van der Waals surface area contributed by atoms with Crippen LogP contribution in [0.4, 0.5) is 17.3 Å². The van der Waals surface area contributed by atoms with Crippen LogP contribution in [-0.2, 0) is 0 Å². The first-order valence-electron chi connectivity index (χ1n) is 6.44. The lowest BCUT2D eigenvalue weighted by molar-refractivity contribution is -0.383. The maximum atomic E-state index is 11.3. The van der Waals surface area contributed by atoms with E-state index in [1.165, 1.54) is 6.33 Å². The number of anilines is 2. The van der Waals surface area contributed by atoms with Gasteiger partial charge in [0.25, 0.3) is 0 Å². The van der Waals surface area contributed by atoms with E-state index in [2.05, 4.69) is 22.2 Å². The monoisotopic (exact) mass is 267 g/mol. The SMILES string of the molecule is CCCCN(C)c1ncnc(NC(C)C)c1[N+](=O)[O-]. The third kappa shape index (κ3) is 4.04. The summed E-state index contributed by atoms with van der Waals surface area (Å²) in [4.78, 5) is 20.7. The van der Waals surface area contributed by atoms with E-state index in [0.717, 1.165) is 19.4 Å². The third-order valence-corrected chi connectivity index (χ3v) is 2.62. The lowest BCUT2D eigenvalue weighted by atomic mass is 10.3. The van der Waals surface area contributed by atoms with Crippen molar-refractivity contribution in [3.05, 3.63) is 16.4 Å². The van der Waals surface area contributed by atoms with Crippen LogP contribution >= 0.6 is 0 Å². The van der Waals surface area contributed by atoms with E-state index in [-0.39, 0.29) is 17.5 Å². The summed E-state index contributed by atoms with van der Waals surface area (Å²) in [5, 5.41) is 14.2. The molecule has 0 fully saturated rings. The van der Waals surface area contributed by atoms with Crippen molar-refractivity contribution in [2.45, 2.75) is 39.7 Å². The van der Waals surface area contributed by atoms with Crippen LogP contribution in [-0.4, -0.2) is 34.5 Å². The third-order valence-electron chi connectivity index (χ3n) is 2.62. The van der Waals surface area contributed by atoms with Gasteiger partial charge in [0.05, 0.1) is 4.92 Å². The maximum Gasteiger partial charge on any atom is 0.353 e. The van der Waals surface area contributed by atoms with Gasteiger partial charge in [-0.05, 0) is 20.3 Å². The molecule has 7 heteroatoms. The molecule has 0 saturated carbocycles. The van der Waals surface area contributed by atoms with Gasteiger partial charge in [-0.25, -0.2) is 9.97 Å². The van der Waals surface area contributed by atoms with Crippen molar-refractivity contribution in [1.82, 2.24) is 9.97 Å². The highest BCUT2D eigenvalue weighted by atomic mass is 16.6. The van der Waals surface area contributed by atoms with Crippen LogP contribution in [0.25, 0.3) is 0 Å². The molecule has 7 nitrogen and oxygen atoms in total. The number of nitrogens with zero attached hydrogens (tertiary/aromatic N) is 4. The average Bonchev–Trinajstić information content (AvgIpc) is 2.34. The van der Waals surface area contributed by atoms with Gasteiger partial charge in [0.1, 0.15) is 6.33 Å². The minimum atomic E-state index is -0.428. The molecule has 0 amide bonds. The van der Waals surface area contributed by atoms with Crippen molar-refractivity contribution in [2.75, 3.05) is 23.8 Å². The summed E-state index contributed by atoms with van der Waals surface area (Å²) in [6, 6.07) is 0.0717. The maximum absolute atomic E-state index is 11.3. The molecular weight excluding hydrogens is 246 g/mol. The Bertz CT molecular complexity index is 436. The smallest absolute Gasteiger partial charge is 0.353 e. The largest absolute Gasteiger partial charge is 0.362 e. The Morgan fingerprint density at radius 1 is 1.47 bits per heavy atom. The second-order valence-electron chi connectivity index (χ2n) is 4.73. The van der Waals surface area contributed by atoms with E-state index in [4.69, 9.17) is 0 Å². The van der Waals surface area contributed by atoms with Crippen molar-refractivity contribution >= 4 is 17.3 Å². The van der Waals surface area contributed by atoms with Gasteiger partial charge in [0, 0.05) is 19.6 Å². The number of hydrogen-bond donors (Lipinski definition) is 1. The summed E-state index contributed by atoms with van der Waals surface area (Å²) in [5.41, 5.74) is -0.0604. The van der Waals surface area contributed by atoms with E-state index in [1.807, 2.05) is 20.9 Å². The van der Waals surface area contributed by atoms with Crippen LogP contribution in [0, 0.1) is 10.1 Å². The zero-order chi connectivity index (χ0) is 14.4. The molecule has 1 rings (SSSR count). The van der Waals surface area contributed by atoms with E-state index < -0.39 is 4.92 Å². The van der Waals surface area contributed by atoms with Crippen molar-refractivity contribution in [1.29, 1.82) is 0 Å². The molecule has 106 valence electrons. The molecular formula is C12H21N5O2. The molecule has 0 aliphatic carbocycles. The Balaban J connectivity index is 3.12. The first kappa shape index (κ1) is 15.1. The summed E-state index contributed by atoms with van der Waals surface area (Å²) < 4.78 is 0. The number of aromatic nitrogens is 2. The average molecular weight is 267 g/mol. The van der Waals surface area contributed by atoms with E-state index in [9.17, 15) is 10.1 Å². The number of rotatable bonds is 7. The summed E-state index contributed by atoms with van der Waals surface area (Å²) in [6.07, 6.45) is 3.35. The summed E-state index contributed by atoms with van der Waals surface area (Å²) in [5.74, 6) is 0.630. The zero-order valence-corrected chi connectivity index (χ0v) is 11.9. The van der Waals surface area contributed by atoms with E-state index >= 15 is 0 Å². The minimum absolute atomic E-state index is 0.0604. The zero-order valence-electron chi connectivity index (χ0n) is 11.9. The Morgan fingerprint density at radius 2 is 2.16 bits per heavy atom. The number of unbranched alkanes of at least 4 members (excludes halogenated alkanes) is 1. The quantitative estimate of drug-likeness (QED) is 0.603. The van der Waals surface area contributed by atoms with Gasteiger partial charge < -0.3 is 10.2 Å². The van der Waals surface area contributed by atoms with Crippen LogP contribution in [0.15, 0.2) is 6.33 Å². The van der Waals surface area contributed by atoms with Crippen LogP contribution in [0.3, 0.4) is 0 Å². The van der Waals surface area contributed by atoms with E-state index in [1.54, 1.807) is 4.90 Å². The molecule has 1 heterocycles. The number of hydrogen-bond acceptors (Lipinski definition) is 6. The molecule has 1 N–H and O–H groups in total. The molecule has 0 aliphatic rings. The van der Waals surface area contributed by atoms with Gasteiger partial charge in [-0.15, -0.1) is 0 Å². The van der Waals surface area contributed by atoms with Crippen molar-refractivity contribution in [3.63, 3.8) is 0 Å². The summed E-state index contributed by atoms with van der Waals surface area (Å²) >= 11 is 0. The number of nitro groups is 1. The van der Waals surface area contributed by atoms with Crippen molar-refractivity contribution < 1.29 is 4.92 Å². The molecule has 0 aromatic carbocycles. The molecule has 0 saturated heterocycles. The lowest BCUT2D eigenvalue weighted by Gasteiger charge is -2.18. The molecule has 1 aromatic rings. The normalized spacial score (nSPS) is 10.6. The fraction of sp³-hybridized carbons (Fsp3) is 0.667. The second-order valence-corrected chi connectivity index (χ2v) is 4.73. The Labute approximate surface area is 113 Å².